The van der Waals surface area contributed by atoms with Crippen molar-refractivity contribution in [1.82, 2.24) is 0 Å². The van der Waals surface area contributed by atoms with Gasteiger partial charge in [-0.2, -0.15) is 0 Å². The highest BCUT2D eigenvalue weighted by Gasteiger charge is 2.28. The summed E-state index contributed by atoms with van der Waals surface area (Å²) >= 11 is 11.8. The van der Waals surface area contributed by atoms with Crippen molar-refractivity contribution < 1.29 is 14.5 Å². The number of amides is 2. The molecule has 142 valence electrons. The Bertz CT molecular complexity index is 806. The molecule has 2 aromatic carbocycles. The molecule has 1 aliphatic heterocycles. The van der Waals surface area contributed by atoms with Crippen LogP contribution >= 0.6 is 23.2 Å². The maximum absolute atomic E-state index is 12.4. The van der Waals surface area contributed by atoms with Crippen molar-refractivity contribution in [1.29, 1.82) is 0 Å². The van der Waals surface area contributed by atoms with Crippen LogP contribution in [0.3, 0.4) is 0 Å². The van der Waals surface area contributed by atoms with Crippen molar-refractivity contribution in [3.63, 3.8) is 0 Å². The lowest BCUT2D eigenvalue weighted by Gasteiger charge is -2.28. The number of carbonyl (C=O) groups excluding carboxylic acids is 2. The second-order valence-corrected chi connectivity index (χ2v) is 7.55. The maximum atomic E-state index is 12.4. The van der Waals surface area contributed by atoms with Gasteiger partial charge in [0.15, 0.2) is 6.54 Å². The molecule has 2 amide bonds. The Kier molecular flexibility index (Phi) is 6.72. The molecule has 27 heavy (non-hydrogen) atoms. The average molecular weight is 407 g/mol. The van der Waals surface area contributed by atoms with E-state index in [1.807, 2.05) is 30.3 Å². The first-order chi connectivity index (χ1) is 13.0. The van der Waals surface area contributed by atoms with Crippen molar-refractivity contribution >= 4 is 46.4 Å². The van der Waals surface area contributed by atoms with Crippen molar-refractivity contribution in [2.45, 2.75) is 12.8 Å². The number of likely N-dealkylation sites (tertiary alicyclic amines) is 1. The molecular formula is C20H22Cl2N3O2+. The predicted molar refractivity (Wildman–Crippen MR) is 108 cm³/mol. The largest absolute Gasteiger partial charge is 0.327 e. The smallest absolute Gasteiger partial charge is 0.279 e. The molecule has 0 saturated carbocycles. The van der Waals surface area contributed by atoms with Crippen LogP contribution in [0.5, 0.6) is 0 Å². The van der Waals surface area contributed by atoms with Crippen LogP contribution in [0.25, 0.3) is 0 Å². The highest BCUT2D eigenvalue weighted by Crippen LogP contribution is 2.24. The molecule has 1 saturated heterocycles. The van der Waals surface area contributed by atoms with Crippen LogP contribution in [0.15, 0.2) is 48.5 Å². The average Bonchev–Trinajstić information content (AvgIpc) is 2.66. The first-order valence-electron chi connectivity index (χ1n) is 8.95. The van der Waals surface area contributed by atoms with E-state index in [-0.39, 0.29) is 17.7 Å². The molecule has 3 rings (SSSR count). The van der Waals surface area contributed by atoms with E-state index in [1.54, 1.807) is 18.2 Å². The fourth-order valence-corrected chi connectivity index (χ4v) is 3.54. The SMILES string of the molecule is O=C(C[NH+]1CCC(C(=O)Nc2ccccc2)CC1)Nc1ccc(Cl)c(Cl)c1. The topological polar surface area (TPSA) is 62.6 Å². The van der Waals surface area contributed by atoms with Crippen molar-refractivity contribution in [2.24, 2.45) is 5.92 Å². The minimum atomic E-state index is -0.0735. The Morgan fingerprint density at radius 1 is 0.926 bits per heavy atom. The van der Waals surface area contributed by atoms with Crippen molar-refractivity contribution in [3.05, 3.63) is 58.6 Å². The number of benzene rings is 2. The standard InChI is InChI=1S/C20H21Cl2N3O2/c21-17-7-6-16(12-18(17)22)23-19(26)13-25-10-8-14(9-11-25)20(27)24-15-4-2-1-3-5-15/h1-7,12,14H,8-11,13H2,(H,23,26)(H,24,27)/p+1. The monoisotopic (exact) mass is 406 g/mol. The van der Waals surface area contributed by atoms with E-state index in [0.29, 0.717) is 22.3 Å². The first kappa shape index (κ1) is 19.7. The third-order valence-corrected chi connectivity index (χ3v) is 5.46. The molecular weight excluding hydrogens is 385 g/mol. The van der Waals surface area contributed by atoms with Crippen LogP contribution in [0.2, 0.25) is 10.0 Å². The normalized spacial score (nSPS) is 19.3. The second-order valence-electron chi connectivity index (χ2n) is 6.73. The van der Waals surface area contributed by atoms with Gasteiger partial charge in [-0.15, -0.1) is 0 Å². The summed E-state index contributed by atoms with van der Waals surface area (Å²) in [4.78, 5) is 25.8. The van der Waals surface area contributed by atoms with Crippen molar-refractivity contribution in [3.8, 4) is 0 Å². The van der Waals surface area contributed by atoms with Crippen LogP contribution in [0.1, 0.15) is 12.8 Å². The van der Waals surface area contributed by atoms with E-state index in [9.17, 15) is 9.59 Å². The number of rotatable bonds is 5. The van der Waals surface area contributed by atoms with Gasteiger partial charge in [0.05, 0.1) is 23.1 Å². The summed E-state index contributed by atoms with van der Waals surface area (Å²) in [5.74, 6) is -0.0248. The van der Waals surface area contributed by atoms with E-state index in [4.69, 9.17) is 23.2 Å². The second kappa shape index (κ2) is 9.22. The molecule has 3 N–H and O–H groups in total. The number of hydrogen-bond acceptors (Lipinski definition) is 2. The number of nitrogens with one attached hydrogen (secondary N) is 3. The lowest BCUT2D eigenvalue weighted by Crippen LogP contribution is -3.14. The van der Waals surface area contributed by atoms with E-state index in [2.05, 4.69) is 10.6 Å². The number of para-hydroxylation sites is 1. The van der Waals surface area contributed by atoms with E-state index >= 15 is 0 Å². The Labute approximate surface area is 168 Å². The predicted octanol–water partition coefficient (Wildman–Crippen LogP) is 2.87. The summed E-state index contributed by atoms with van der Waals surface area (Å²) in [6, 6.07) is 14.5. The lowest BCUT2D eigenvalue weighted by molar-refractivity contribution is -0.897. The third kappa shape index (κ3) is 5.70. The van der Waals surface area contributed by atoms with Crippen LogP contribution in [-0.4, -0.2) is 31.4 Å². The van der Waals surface area contributed by atoms with Gasteiger partial charge >= 0.3 is 0 Å². The third-order valence-electron chi connectivity index (χ3n) is 4.72. The van der Waals surface area contributed by atoms with Crippen LogP contribution in [0.4, 0.5) is 11.4 Å². The molecule has 0 radical (unpaired) electrons. The fourth-order valence-electron chi connectivity index (χ4n) is 3.24. The van der Waals surface area contributed by atoms with Gasteiger partial charge in [-0.3, -0.25) is 9.59 Å². The van der Waals surface area contributed by atoms with Crippen LogP contribution in [0, 0.1) is 5.92 Å². The lowest BCUT2D eigenvalue weighted by atomic mass is 9.96. The number of carbonyl (C=O) groups is 2. The zero-order chi connectivity index (χ0) is 19.2. The first-order valence-corrected chi connectivity index (χ1v) is 9.71. The minimum absolute atomic E-state index is 0.00732. The summed E-state index contributed by atoms with van der Waals surface area (Å²) < 4.78 is 0. The number of quaternary nitrogens is 1. The molecule has 2 aromatic rings. The Balaban J connectivity index is 1.44. The van der Waals surface area contributed by atoms with Gasteiger partial charge < -0.3 is 15.5 Å². The summed E-state index contributed by atoms with van der Waals surface area (Å²) in [5, 5.41) is 6.66. The summed E-state index contributed by atoms with van der Waals surface area (Å²) in [6.07, 6.45) is 1.54. The molecule has 1 fully saturated rings. The minimum Gasteiger partial charge on any atom is -0.327 e. The molecule has 0 aliphatic carbocycles. The van der Waals surface area contributed by atoms with Crippen LogP contribution < -0.4 is 15.5 Å². The molecule has 0 bridgehead atoms. The molecule has 0 spiro atoms. The van der Waals surface area contributed by atoms with Gasteiger partial charge in [-0.25, -0.2) is 0 Å². The molecule has 1 aliphatic rings. The zero-order valence-electron chi connectivity index (χ0n) is 14.8. The molecule has 0 atom stereocenters. The van der Waals surface area contributed by atoms with Gasteiger partial charge in [-0.1, -0.05) is 41.4 Å². The van der Waals surface area contributed by atoms with E-state index < -0.39 is 0 Å². The van der Waals surface area contributed by atoms with Crippen molar-refractivity contribution in [2.75, 3.05) is 30.3 Å². The maximum Gasteiger partial charge on any atom is 0.279 e. The zero-order valence-corrected chi connectivity index (χ0v) is 16.3. The van der Waals surface area contributed by atoms with Gasteiger partial charge in [0, 0.05) is 30.1 Å². The number of anilines is 2. The molecule has 1 heterocycles. The van der Waals surface area contributed by atoms with E-state index in [0.717, 1.165) is 31.6 Å². The van der Waals surface area contributed by atoms with Gasteiger partial charge in [0.1, 0.15) is 0 Å². The summed E-state index contributed by atoms with van der Waals surface area (Å²) in [6.45, 7) is 1.95. The Morgan fingerprint density at radius 3 is 2.30 bits per heavy atom. The molecule has 0 unspecified atom stereocenters. The Morgan fingerprint density at radius 2 is 1.63 bits per heavy atom. The van der Waals surface area contributed by atoms with E-state index in [1.165, 1.54) is 4.90 Å². The van der Waals surface area contributed by atoms with Gasteiger partial charge in [0.2, 0.25) is 5.91 Å². The summed E-state index contributed by atoms with van der Waals surface area (Å²) in [7, 11) is 0. The number of halogens is 2. The van der Waals surface area contributed by atoms with Crippen LogP contribution in [-0.2, 0) is 9.59 Å². The number of piperidine rings is 1. The molecule has 5 nitrogen and oxygen atoms in total. The highest BCUT2D eigenvalue weighted by molar-refractivity contribution is 6.42. The summed E-state index contributed by atoms with van der Waals surface area (Å²) in [5.41, 5.74) is 1.45. The molecule has 7 heteroatoms. The molecule has 0 aromatic heterocycles. The van der Waals surface area contributed by atoms with Gasteiger partial charge in [-0.05, 0) is 30.3 Å². The highest BCUT2D eigenvalue weighted by atomic mass is 35.5. The van der Waals surface area contributed by atoms with Gasteiger partial charge in [0.25, 0.3) is 5.91 Å². The number of hydrogen-bond donors (Lipinski definition) is 3. The Hall–Kier alpha value is -2.08. The fraction of sp³-hybridized carbons (Fsp3) is 0.300. The quantitative estimate of drug-likeness (QED) is 0.714.